The number of phenolic OH excluding ortho intramolecular Hbond substituents is 1. The van der Waals surface area contributed by atoms with Gasteiger partial charge in [-0.25, -0.2) is 4.79 Å². The number of benzene rings is 1. The highest BCUT2D eigenvalue weighted by atomic mass is 16.5. The SMILES string of the molecule is CC(=O)N1C(=O)CCC1C(=O)O.Cc1c(C)c2c(c(C)c1O)CC[C@@](C)(CCCC(C)CCCC(C)CCCC(C)C)O2. The van der Waals surface area contributed by atoms with Gasteiger partial charge in [0.15, 0.2) is 0 Å². The number of aromatic hydroxyl groups is 1. The van der Waals surface area contributed by atoms with Crippen LogP contribution >= 0.6 is 0 Å². The number of rotatable bonds is 13. The van der Waals surface area contributed by atoms with Crippen molar-refractivity contribution in [3.63, 3.8) is 0 Å². The summed E-state index contributed by atoms with van der Waals surface area (Å²) in [6.07, 6.45) is 14.4. The molecule has 0 radical (unpaired) electrons. The average Bonchev–Trinajstić information content (AvgIpc) is 3.33. The molecule has 1 saturated heterocycles. The summed E-state index contributed by atoms with van der Waals surface area (Å²) < 4.78 is 6.60. The van der Waals surface area contributed by atoms with Crippen molar-refractivity contribution in [2.45, 2.75) is 157 Å². The molecule has 3 unspecified atom stereocenters. The van der Waals surface area contributed by atoms with Crippen molar-refractivity contribution in [2.75, 3.05) is 0 Å². The van der Waals surface area contributed by atoms with Crippen LogP contribution in [0, 0.1) is 38.5 Å². The fourth-order valence-electron chi connectivity index (χ4n) is 6.59. The standard InChI is InChI=1S/C29H50O2.C7H9NO4/c1-20(2)12-9-13-21(3)14-10-15-22(4)16-11-18-29(8)19-17-26-25(7)27(30)23(5)24(6)28(26)31-29;1-4(9)8-5(7(11)12)2-3-6(8)10/h20-22,30H,9-19H2,1-8H3;5H,2-3H2,1H3,(H,11,12)/t21?,22?,29-;/m1./s1. The van der Waals surface area contributed by atoms with E-state index in [1.165, 1.54) is 63.9 Å². The predicted octanol–water partition coefficient (Wildman–Crippen LogP) is 8.45. The topological polar surface area (TPSA) is 104 Å². The zero-order chi connectivity index (χ0) is 32.5. The van der Waals surface area contributed by atoms with Crippen molar-refractivity contribution in [3.05, 3.63) is 22.3 Å². The van der Waals surface area contributed by atoms with Crippen LogP contribution in [0.15, 0.2) is 0 Å². The van der Waals surface area contributed by atoms with Crippen LogP contribution in [0.1, 0.15) is 141 Å². The molecule has 0 aliphatic carbocycles. The number of ether oxygens (including phenoxy) is 1. The summed E-state index contributed by atoms with van der Waals surface area (Å²) >= 11 is 0. The summed E-state index contributed by atoms with van der Waals surface area (Å²) in [6, 6.07) is -0.949. The molecule has 0 bridgehead atoms. The van der Waals surface area contributed by atoms with E-state index in [2.05, 4.69) is 41.5 Å². The number of phenols is 1. The molecule has 7 heteroatoms. The molecule has 1 aromatic carbocycles. The predicted molar refractivity (Wildman–Crippen MR) is 173 cm³/mol. The minimum atomic E-state index is -1.11. The van der Waals surface area contributed by atoms with Gasteiger partial charge in [0.05, 0.1) is 0 Å². The molecule has 1 aromatic rings. The van der Waals surface area contributed by atoms with Crippen molar-refractivity contribution in [1.29, 1.82) is 0 Å². The first-order valence-corrected chi connectivity index (χ1v) is 16.6. The third kappa shape index (κ3) is 10.5. The monoisotopic (exact) mass is 601 g/mol. The maximum absolute atomic E-state index is 11.0. The van der Waals surface area contributed by atoms with Gasteiger partial charge in [0.1, 0.15) is 23.1 Å². The Bertz CT molecular complexity index is 1110. The molecule has 2 heterocycles. The van der Waals surface area contributed by atoms with Crippen LogP contribution in [0.5, 0.6) is 11.5 Å². The fourth-order valence-corrected chi connectivity index (χ4v) is 6.59. The van der Waals surface area contributed by atoms with Crippen molar-refractivity contribution >= 4 is 17.8 Å². The quantitative estimate of drug-likeness (QED) is 0.235. The van der Waals surface area contributed by atoms with Crippen LogP contribution in [0.3, 0.4) is 0 Å². The molecular formula is C36H59NO6. The molecule has 0 saturated carbocycles. The molecule has 3 rings (SSSR count). The normalized spacial score (nSPS) is 21.1. The Hall–Kier alpha value is -2.57. The highest BCUT2D eigenvalue weighted by Gasteiger charge is 2.38. The Morgan fingerprint density at radius 1 is 0.907 bits per heavy atom. The zero-order valence-corrected chi connectivity index (χ0v) is 28.5. The first-order valence-electron chi connectivity index (χ1n) is 16.6. The molecule has 43 heavy (non-hydrogen) atoms. The van der Waals surface area contributed by atoms with E-state index in [0.717, 1.165) is 64.4 Å². The Kier molecular flexibility index (Phi) is 14.0. The maximum Gasteiger partial charge on any atom is 0.326 e. The Labute approximate surface area is 260 Å². The minimum absolute atomic E-state index is 0.0712. The summed E-state index contributed by atoms with van der Waals surface area (Å²) in [5.74, 6) is 2.03. The van der Waals surface area contributed by atoms with Crippen molar-refractivity contribution in [2.24, 2.45) is 17.8 Å². The number of carbonyl (C=O) groups is 3. The molecule has 0 aromatic heterocycles. The van der Waals surface area contributed by atoms with Crippen LogP contribution in [0.4, 0.5) is 0 Å². The van der Waals surface area contributed by atoms with Gasteiger partial charge >= 0.3 is 5.97 Å². The van der Waals surface area contributed by atoms with Gasteiger partial charge in [-0.05, 0) is 94.2 Å². The van der Waals surface area contributed by atoms with Gasteiger partial charge in [0, 0.05) is 18.9 Å². The van der Waals surface area contributed by atoms with E-state index in [1.807, 2.05) is 13.8 Å². The van der Waals surface area contributed by atoms with E-state index in [1.54, 1.807) is 0 Å². The van der Waals surface area contributed by atoms with E-state index in [-0.39, 0.29) is 18.4 Å². The molecule has 1 fully saturated rings. The largest absolute Gasteiger partial charge is 0.507 e. The van der Waals surface area contributed by atoms with Gasteiger partial charge in [0.2, 0.25) is 11.8 Å². The van der Waals surface area contributed by atoms with E-state index in [9.17, 15) is 19.5 Å². The lowest BCUT2D eigenvalue weighted by Gasteiger charge is -2.38. The fraction of sp³-hybridized carbons (Fsp3) is 0.750. The van der Waals surface area contributed by atoms with Crippen LogP contribution < -0.4 is 4.74 Å². The number of fused-ring (bicyclic) bond motifs is 1. The molecule has 2 N–H and O–H groups in total. The number of carbonyl (C=O) groups excluding carboxylic acids is 2. The number of carboxylic acids is 1. The van der Waals surface area contributed by atoms with Gasteiger partial charge in [-0.3, -0.25) is 14.5 Å². The molecule has 2 aliphatic rings. The molecule has 2 amide bonds. The molecule has 0 spiro atoms. The molecule has 2 aliphatic heterocycles. The molecule has 244 valence electrons. The summed E-state index contributed by atoms with van der Waals surface area (Å²) in [5, 5.41) is 19.0. The van der Waals surface area contributed by atoms with E-state index in [0.29, 0.717) is 5.75 Å². The number of aliphatic carboxylic acids is 1. The van der Waals surface area contributed by atoms with Gasteiger partial charge < -0.3 is 14.9 Å². The lowest BCUT2D eigenvalue weighted by molar-refractivity contribution is -0.153. The van der Waals surface area contributed by atoms with Crippen molar-refractivity contribution in [1.82, 2.24) is 4.90 Å². The number of imide groups is 1. The lowest BCUT2D eigenvalue weighted by Crippen LogP contribution is -2.41. The van der Waals surface area contributed by atoms with Crippen LogP contribution in [-0.4, -0.2) is 44.5 Å². The van der Waals surface area contributed by atoms with Gasteiger partial charge in [0.25, 0.3) is 0 Å². The van der Waals surface area contributed by atoms with Crippen LogP contribution in [0.2, 0.25) is 0 Å². The zero-order valence-electron chi connectivity index (χ0n) is 28.5. The molecule has 7 nitrogen and oxygen atoms in total. The summed E-state index contributed by atoms with van der Waals surface area (Å²) in [4.78, 5) is 33.1. The molecule has 4 atom stereocenters. The van der Waals surface area contributed by atoms with E-state index in [4.69, 9.17) is 9.84 Å². The number of hydrogen-bond acceptors (Lipinski definition) is 5. The Morgan fingerprint density at radius 3 is 1.98 bits per heavy atom. The summed E-state index contributed by atoms with van der Waals surface area (Å²) in [7, 11) is 0. The number of carboxylic acid groups (broad SMARTS) is 1. The number of amides is 2. The third-order valence-corrected chi connectivity index (χ3v) is 9.70. The first-order chi connectivity index (χ1) is 20.1. The lowest BCUT2D eigenvalue weighted by atomic mass is 9.84. The minimum Gasteiger partial charge on any atom is -0.507 e. The number of likely N-dealkylation sites (tertiary alicyclic amines) is 1. The second-order valence-electron chi connectivity index (χ2n) is 14.1. The Balaban J connectivity index is 0.000000448. The van der Waals surface area contributed by atoms with Gasteiger partial charge in [-0.2, -0.15) is 0 Å². The van der Waals surface area contributed by atoms with Crippen LogP contribution in [0.25, 0.3) is 0 Å². The highest BCUT2D eigenvalue weighted by molar-refractivity contribution is 6.00. The Morgan fingerprint density at radius 2 is 1.47 bits per heavy atom. The van der Waals surface area contributed by atoms with E-state index >= 15 is 0 Å². The summed E-state index contributed by atoms with van der Waals surface area (Å²) in [5.41, 5.74) is 4.23. The van der Waals surface area contributed by atoms with Crippen molar-refractivity contribution in [3.8, 4) is 11.5 Å². The average molecular weight is 602 g/mol. The summed E-state index contributed by atoms with van der Waals surface area (Å²) in [6.45, 7) is 19.1. The van der Waals surface area contributed by atoms with Gasteiger partial charge in [-0.15, -0.1) is 0 Å². The van der Waals surface area contributed by atoms with E-state index < -0.39 is 23.8 Å². The van der Waals surface area contributed by atoms with Gasteiger partial charge in [-0.1, -0.05) is 72.6 Å². The van der Waals surface area contributed by atoms with Crippen LogP contribution in [-0.2, 0) is 20.8 Å². The molecular weight excluding hydrogens is 542 g/mol. The smallest absolute Gasteiger partial charge is 0.326 e. The second kappa shape index (κ2) is 16.5. The second-order valence-corrected chi connectivity index (χ2v) is 14.1. The number of nitrogens with zero attached hydrogens (tertiary/aromatic N) is 1. The highest BCUT2D eigenvalue weighted by Crippen LogP contribution is 2.44. The third-order valence-electron chi connectivity index (χ3n) is 9.70. The maximum atomic E-state index is 11.0. The number of hydrogen-bond donors (Lipinski definition) is 2. The first kappa shape index (κ1) is 36.6. The van der Waals surface area contributed by atoms with Crippen molar-refractivity contribution < 1.29 is 29.3 Å².